The number of aryl methyl sites for hydroxylation is 1. The molecular formula is C27H42O3S. The van der Waals surface area contributed by atoms with E-state index in [-0.39, 0.29) is 4.90 Å². The van der Waals surface area contributed by atoms with Crippen LogP contribution in [0, 0.1) is 42.4 Å². The predicted octanol–water partition coefficient (Wildman–Crippen LogP) is 7.14. The summed E-state index contributed by atoms with van der Waals surface area (Å²) in [6, 6.07) is 6.94. The second-order valence-corrected chi connectivity index (χ2v) is 12.5. The Morgan fingerprint density at radius 1 is 0.774 bits per heavy atom. The summed E-state index contributed by atoms with van der Waals surface area (Å²) in [5.41, 5.74) is 1.06. The van der Waals surface area contributed by atoms with E-state index in [9.17, 15) is 8.42 Å². The van der Waals surface area contributed by atoms with Gasteiger partial charge in [0.25, 0.3) is 10.1 Å². The maximum Gasteiger partial charge on any atom is 0.296 e. The smallest absolute Gasteiger partial charge is 0.266 e. The van der Waals surface area contributed by atoms with Crippen LogP contribution < -0.4 is 0 Å². The van der Waals surface area contributed by atoms with Crippen molar-refractivity contribution in [2.75, 3.05) is 6.61 Å². The number of hydrogen-bond acceptors (Lipinski definition) is 3. The number of benzene rings is 1. The quantitative estimate of drug-likeness (QED) is 0.418. The van der Waals surface area contributed by atoms with Gasteiger partial charge in [-0.05, 0) is 112 Å². The van der Waals surface area contributed by atoms with Crippen LogP contribution in [0.1, 0.15) is 89.5 Å². The van der Waals surface area contributed by atoms with Gasteiger partial charge in [-0.25, -0.2) is 0 Å². The van der Waals surface area contributed by atoms with Crippen molar-refractivity contribution in [3.05, 3.63) is 29.8 Å². The van der Waals surface area contributed by atoms with Gasteiger partial charge in [0.2, 0.25) is 0 Å². The molecule has 4 unspecified atom stereocenters. The van der Waals surface area contributed by atoms with E-state index in [2.05, 4.69) is 6.92 Å². The molecule has 0 heterocycles. The molecule has 3 nitrogen and oxygen atoms in total. The summed E-state index contributed by atoms with van der Waals surface area (Å²) in [6.45, 7) is 4.64. The second kappa shape index (κ2) is 10.4. The van der Waals surface area contributed by atoms with Gasteiger partial charge in [0.1, 0.15) is 0 Å². The minimum absolute atomic E-state index is 0.275. The van der Waals surface area contributed by atoms with Gasteiger partial charge in [0.15, 0.2) is 0 Å². The van der Waals surface area contributed by atoms with Gasteiger partial charge < -0.3 is 0 Å². The van der Waals surface area contributed by atoms with Crippen LogP contribution in [0.2, 0.25) is 0 Å². The second-order valence-electron chi connectivity index (χ2n) is 10.9. The zero-order chi connectivity index (χ0) is 21.8. The molecule has 0 saturated heterocycles. The number of hydrogen-bond donors (Lipinski definition) is 0. The first-order valence-corrected chi connectivity index (χ1v) is 14.3. The van der Waals surface area contributed by atoms with Crippen LogP contribution in [0.15, 0.2) is 29.2 Å². The van der Waals surface area contributed by atoms with Crippen LogP contribution in [-0.2, 0) is 14.3 Å². The van der Waals surface area contributed by atoms with Gasteiger partial charge in [-0.15, -0.1) is 0 Å². The molecule has 0 bridgehead atoms. The van der Waals surface area contributed by atoms with Crippen molar-refractivity contribution in [2.45, 2.75) is 95.8 Å². The fourth-order valence-corrected chi connectivity index (χ4v) is 7.88. The Kier molecular flexibility index (Phi) is 7.80. The minimum atomic E-state index is -3.63. The zero-order valence-corrected chi connectivity index (χ0v) is 20.4. The molecular weight excluding hydrogens is 404 g/mol. The highest BCUT2D eigenvalue weighted by Gasteiger charge is 2.38. The summed E-state index contributed by atoms with van der Waals surface area (Å²) < 4.78 is 30.4. The average molecular weight is 447 g/mol. The van der Waals surface area contributed by atoms with E-state index in [1.54, 1.807) is 12.1 Å². The summed E-state index contributed by atoms with van der Waals surface area (Å²) in [6.07, 6.45) is 16.4. The fourth-order valence-electron chi connectivity index (χ4n) is 6.91. The summed E-state index contributed by atoms with van der Waals surface area (Å²) >= 11 is 0. The van der Waals surface area contributed by atoms with Crippen molar-refractivity contribution in [3.63, 3.8) is 0 Å². The lowest BCUT2D eigenvalue weighted by molar-refractivity contribution is 0.0549. The number of fused-ring (bicyclic) bond motifs is 1. The van der Waals surface area contributed by atoms with Crippen molar-refractivity contribution in [1.29, 1.82) is 0 Å². The van der Waals surface area contributed by atoms with Crippen LogP contribution in [0.5, 0.6) is 0 Å². The molecule has 0 N–H and O–H groups in total. The lowest BCUT2D eigenvalue weighted by atomic mass is 9.60. The molecule has 174 valence electrons. The summed E-state index contributed by atoms with van der Waals surface area (Å²) in [7, 11) is -3.63. The van der Waals surface area contributed by atoms with Gasteiger partial charge in [-0.1, -0.05) is 43.9 Å². The predicted molar refractivity (Wildman–Crippen MR) is 126 cm³/mol. The average Bonchev–Trinajstić information content (AvgIpc) is 2.78. The molecule has 0 aliphatic heterocycles. The highest BCUT2D eigenvalue weighted by molar-refractivity contribution is 7.86. The lowest BCUT2D eigenvalue weighted by Crippen LogP contribution is -2.35. The lowest BCUT2D eigenvalue weighted by Gasteiger charge is -2.45. The monoisotopic (exact) mass is 446 g/mol. The largest absolute Gasteiger partial charge is 0.296 e. The molecule has 31 heavy (non-hydrogen) atoms. The molecule has 0 aromatic heterocycles. The fraction of sp³-hybridized carbons (Fsp3) is 0.778. The van der Waals surface area contributed by atoms with Gasteiger partial charge >= 0.3 is 0 Å². The van der Waals surface area contributed by atoms with Crippen molar-refractivity contribution < 1.29 is 12.6 Å². The molecule has 3 aliphatic carbocycles. The van der Waals surface area contributed by atoms with Crippen LogP contribution in [0.4, 0.5) is 0 Å². The molecule has 4 rings (SSSR count). The Morgan fingerprint density at radius 3 is 2.00 bits per heavy atom. The first-order valence-electron chi connectivity index (χ1n) is 12.9. The molecule has 1 aromatic rings. The Labute approximate surface area is 190 Å². The van der Waals surface area contributed by atoms with Crippen molar-refractivity contribution in [2.24, 2.45) is 35.5 Å². The summed E-state index contributed by atoms with van der Waals surface area (Å²) in [4.78, 5) is 0.275. The molecule has 0 spiro atoms. The molecule has 4 atom stereocenters. The first kappa shape index (κ1) is 23.3. The van der Waals surface area contributed by atoms with Crippen LogP contribution in [0.25, 0.3) is 0 Å². The van der Waals surface area contributed by atoms with Gasteiger partial charge in [-0.3, -0.25) is 4.18 Å². The Bertz CT molecular complexity index is 792. The molecule has 0 amide bonds. The van der Waals surface area contributed by atoms with E-state index < -0.39 is 10.1 Å². The summed E-state index contributed by atoms with van der Waals surface area (Å²) in [5.74, 6) is 5.18. The van der Waals surface area contributed by atoms with Gasteiger partial charge in [0, 0.05) is 0 Å². The molecule has 3 fully saturated rings. The van der Waals surface area contributed by atoms with Crippen LogP contribution in [-0.4, -0.2) is 15.0 Å². The topological polar surface area (TPSA) is 43.4 Å². The van der Waals surface area contributed by atoms with Crippen molar-refractivity contribution >= 4 is 10.1 Å². The van der Waals surface area contributed by atoms with E-state index in [1.165, 1.54) is 64.2 Å². The normalized spacial score (nSPS) is 34.3. The molecule has 4 heteroatoms. The van der Waals surface area contributed by atoms with E-state index in [0.29, 0.717) is 12.5 Å². The zero-order valence-electron chi connectivity index (χ0n) is 19.6. The standard InChI is InChI=1S/C27H42O3S/c1-3-4-21-7-12-26-18-25(14-13-24(26)17-21)23-10-8-22(9-11-23)19-30-31(28,29)27-15-5-20(2)6-16-27/h5-6,15-16,21-26H,3-4,7-14,17-19H2,1-2H3. The molecule has 3 aliphatic rings. The summed E-state index contributed by atoms with van der Waals surface area (Å²) in [5, 5.41) is 0. The highest BCUT2D eigenvalue weighted by atomic mass is 32.2. The first-order chi connectivity index (χ1) is 14.9. The Hall–Kier alpha value is -0.870. The van der Waals surface area contributed by atoms with Crippen LogP contribution in [0.3, 0.4) is 0 Å². The third-order valence-electron chi connectivity index (χ3n) is 8.79. The van der Waals surface area contributed by atoms with Gasteiger partial charge in [-0.2, -0.15) is 8.42 Å². The maximum atomic E-state index is 12.5. The maximum absolute atomic E-state index is 12.5. The van der Waals surface area contributed by atoms with E-state index in [1.807, 2.05) is 19.1 Å². The SMILES string of the molecule is CCCC1CCC2CC(C3CCC(COS(=O)(=O)c4ccc(C)cc4)CC3)CCC2C1. The molecule has 0 radical (unpaired) electrons. The highest BCUT2D eigenvalue weighted by Crippen LogP contribution is 2.49. The van der Waals surface area contributed by atoms with Crippen molar-refractivity contribution in [1.82, 2.24) is 0 Å². The Morgan fingerprint density at radius 2 is 1.32 bits per heavy atom. The van der Waals surface area contributed by atoms with Gasteiger partial charge in [0.05, 0.1) is 11.5 Å². The molecule has 3 saturated carbocycles. The Balaban J connectivity index is 1.21. The van der Waals surface area contributed by atoms with Crippen LogP contribution >= 0.6 is 0 Å². The van der Waals surface area contributed by atoms with E-state index >= 15 is 0 Å². The van der Waals surface area contributed by atoms with E-state index in [4.69, 9.17) is 4.18 Å². The minimum Gasteiger partial charge on any atom is -0.266 e. The third kappa shape index (κ3) is 5.93. The number of rotatable bonds is 7. The third-order valence-corrected chi connectivity index (χ3v) is 10.1. The van der Waals surface area contributed by atoms with E-state index in [0.717, 1.165) is 48.0 Å². The molecule has 1 aromatic carbocycles. The van der Waals surface area contributed by atoms with Crippen molar-refractivity contribution in [3.8, 4) is 0 Å².